The van der Waals surface area contributed by atoms with E-state index in [1.165, 1.54) is 24.3 Å². The zero-order valence-corrected chi connectivity index (χ0v) is 17.2. The monoisotopic (exact) mass is 448 g/mol. The largest absolute Gasteiger partial charge is 0.294 e. The maximum atomic E-state index is 12.7. The predicted octanol–water partition coefficient (Wildman–Crippen LogP) is 4.25. The molecule has 148 valence electrons. The minimum Gasteiger partial charge on any atom is -0.294 e. The van der Waals surface area contributed by atoms with Gasteiger partial charge in [0.2, 0.25) is 0 Å². The lowest BCUT2D eigenvalue weighted by molar-refractivity contribution is 0.0963. The Hall–Kier alpha value is -2.48. The van der Waals surface area contributed by atoms with Gasteiger partial charge in [-0.05, 0) is 49.2 Å². The van der Waals surface area contributed by atoms with Crippen molar-refractivity contribution in [3.8, 4) is 0 Å². The number of nitrogens with zero attached hydrogens (tertiary/aromatic N) is 1. The Morgan fingerprint density at radius 2 is 1.72 bits per heavy atom. The quantitative estimate of drug-likeness (QED) is 0.588. The molecule has 4 rings (SSSR count). The molecule has 0 radical (unpaired) electrons. The minimum atomic E-state index is -4.31. The molecule has 0 saturated heterocycles. The van der Waals surface area contributed by atoms with Crippen molar-refractivity contribution in [3.63, 3.8) is 0 Å². The maximum Gasteiger partial charge on any atom is 0.283 e. The molecule has 2 aromatic carbocycles. The average Bonchev–Trinajstić information content (AvgIpc) is 3.52. The molecular weight excluding hydrogens is 435 g/mol. The van der Waals surface area contributed by atoms with E-state index in [2.05, 4.69) is 4.98 Å². The van der Waals surface area contributed by atoms with Gasteiger partial charge in [0, 0.05) is 21.9 Å². The number of pyridine rings is 1. The van der Waals surface area contributed by atoms with Crippen LogP contribution in [0.1, 0.15) is 33.7 Å². The number of ketones is 1. The van der Waals surface area contributed by atoms with Gasteiger partial charge in [0.25, 0.3) is 15.9 Å². The number of rotatable bonds is 5. The van der Waals surface area contributed by atoms with Crippen molar-refractivity contribution in [2.75, 3.05) is 0 Å². The molecule has 1 aliphatic carbocycles. The smallest absolute Gasteiger partial charge is 0.283 e. The van der Waals surface area contributed by atoms with E-state index in [0.717, 1.165) is 18.2 Å². The van der Waals surface area contributed by atoms with Gasteiger partial charge < -0.3 is 0 Å². The standard InChI is InChI=1S/C20H14Cl2N2O4S/c21-14-6-3-11-5-8-16(23-17(11)10-14)20(26)24-29(27,28)18-9-13(4-7-15(18)22)19(25)12-1-2-12/h3-10,12H,1-2H2,(H,24,26). The van der Waals surface area contributed by atoms with Gasteiger partial charge in [0.1, 0.15) is 10.6 Å². The predicted molar refractivity (Wildman–Crippen MR) is 110 cm³/mol. The van der Waals surface area contributed by atoms with Gasteiger partial charge in [0.15, 0.2) is 5.78 Å². The zero-order chi connectivity index (χ0) is 20.8. The number of nitrogens with one attached hydrogen (secondary N) is 1. The first-order valence-corrected chi connectivity index (χ1v) is 11.0. The van der Waals surface area contributed by atoms with Crippen molar-refractivity contribution in [1.29, 1.82) is 0 Å². The van der Waals surface area contributed by atoms with Gasteiger partial charge >= 0.3 is 0 Å². The van der Waals surface area contributed by atoms with Crippen LogP contribution in [0.3, 0.4) is 0 Å². The highest BCUT2D eigenvalue weighted by atomic mass is 35.5. The summed E-state index contributed by atoms with van der Waals surface area (Å²) >= 11 is 12.0. The summed E-state index contributed by atoms with van der Waals surface area (Å²) in [5.74, 6) is -1.12. The second-order valence-corrected chi connectivity index (χ2v) is 9.25. The van der Waals surface area contributed by atoms with E-state index in [1.807, 2.05) is 4.72 Å². The number of aromatic nitrogens is 1. The first kappa shape index (κ1) is 19.8. The van der Waals surface area contributed by atoms with Crippen LogP contribution in [0.4, 0.5) is 0 Å². The number of hydrogen-bond donors (Lipinski definition) is 1. The number of fused-ring (bicyclic) bond motifs is 1. The van der Waals surface area contributed by atoms with Crippen molar-refractivity contribution < 1.29 is 18.0 Å². The lowest BCUT2D eigenvalue weighted by Crippen LogP contribution is -2.31. The molecule has 1 N–H and O–H groups in total. The third-order valence-electron chi connectivity index (χ3n) is 4.57. The van der Waals surface area contributed by atoms with E-state index in [1.54, 1.807) is 24.3 Å². The maximum absolute atomic E-state index is 12.7. The molecule has 0 unspecified atom stereocenters. The highest BCUT2D eigenvalue weighted by Gasteiger charge is 2.32. The summed E-state index contributed by atoms with van der Waals surface area (Å²) in [5, 5.41) is 1.11. The highest BCUT2D eigenvalue weighted by molar-refractivity contribution is 7.90. The van der Waals surface area contributed by atoms with Crippen LogP contribution in [0.15, 0.2) is 53.4 Å². The van der Waals surface area contributed by atoms with Crippen LogP contribution in [0.5, 0.6) is 0 Å². The molecule has 1 saturated carbocycles. The second-order valence-electron chi connectivity index (χ2n) is 6.75. The van der Waals surface area contributed by atoms with Gasteiger partial charge in [0.05, 0.1) is 10.5 Å². The van der Waals surface area contributed by atoms with Crippen molar-refractivity contribution in [3.05, 3.63) is 69.8 Å². The Kier molecular flexibility index (Phi) is 5.06. The van der Waals surface area contributed by atoms with E-state index < -0.39 is 15.9 Å². The second kappa shape index (κ2) is 7.40. The lowest BCUT2D eigenvalue weighted by atomic mass is 10.1. The molecule has 9 heteroatoms. The van der Waals surface area contributed by atoms with Crippen molar-refractivity contribution in [2.45, 2.75) is 17.7 Å². The first-order chi connectivity index (χ1) is 13.7. The summed E-state index contributed by atoms with van der Waals surface area (Å²) in [6, 6.07) is 12.1. The van der Waals surface area contributed by atoms with Gasteiger partial charge in [-0.25, -0.2) is 18.1 Å². The number of carbonyl (C=O) groups excluding carboxylic acids is 2. The van der Waals surface area contributed by atoms with Gasteiger partial charge in [-0.2, -0.15) is 0 Å². The third kappa shape index (κ3) is 4.12. The molecule has 29 heavy (non-hydrogen) atoms. The van der Waals surface area contributed by atoms with Crippen LogP contribution in [0, 0.1) is 5.92 Å². The third-order valence-corrected chi connectivity index (χ3v) is 6.61. The molecule has 0 bridgehead atoms. The Morgan fingerprint density at radius 1 is 1.00 bits per heavy atom. The molecule has 3 aromatic rings. The fourth-order valence-corrected chi connectivity index (χ4v) is 4.54. The van der Waals surface area contributed by atoms with E-state index in [9.17, 15) is 18.0 Å². The Labute approximate surface area is 176 Å². The normalized spacial score (nSPS) is 14.0. The van der Waals surface area contributed by atoms with E-state index in [4.69, 9.17) is 23.2 Å². The Morgan fingerprint density at radius 3 is 2.45 bits per heavy atom. The Balaban J connectivity index is 1.63. The average molecular weight is 449 g/mol. The fraction of sp³-hybridized carbons (Fsp3) is 0.150. The summed E-state index contributed by atoms with van der Waals surface area (Å²) in [4.78, 5) is 28.6. The molecule has 1 fully saturated rings. The zero-order valence-electron chi connectivity index (χ0n) is 14.9. The lowest BCUT2D eigenvalue weighted by Gasteiger charge is -2.10. The first-order valence-electron chi connectivity index (χ1n) is 8.72. The summed E-state index contributed by atoms with van der Waals surface area (Å²) in [7, 11) is -4.31. The van der Waals surface area contributed by atoms with E-state index in [0.29, 0.717) is 10.5 Å². The van der Waals surface area contributed by atoms with Crippen LogP contribution in [0.25, 0.3) is 10.9 Å². The van der Waals surface area contributed by atoms with Crippen molar-refractivity contribution in [1.82, 2.24) is 9.71 Å². The molecule has 0 atom stereocenters. The molecule has 0 spiro atoms. The fourth-order valence-electron chi connectivity index (χ4n) is 2.89. The number of sulfonamides is 1. The minimum absolute atomic E-state index is 0.0741. The summed E-state index contributed by atoms with van der Waals surface area (Å²) in [5.41, 5.74) is 0.616. The molecule has 1 aromatic heterocycles. The van der Waals surface area contributed by atoms with E-state index in [-0.39, 0.29) is 32.9 Å². The molecule has 1 aliphatic rings. The highest BCUT2D eigenvalue weighted by Crippen LogP contribution is 2.34. The molecule has 1 amide bonds. The number of halogens is 2. The number of hydrogen-bond acceptors (Lipinski definition) is 5. The molecule has 6 nitrogen and oxygen atoms in total. The van der Waals surface area contributed by atoms with Crippen molar-refractivity contribution >= 4 is 55.8 Å². The number of carbonyl (C=O) groups is 2. The van der Waals surface area contributed by atoms with Gasteiger partial charge in [-0.1, -0.05) is 35.3 Å². The van der Waals surface area contributed by atoms with Crippen LogP contribution in [0.2, 0.25) is 10.0 Å². The summed E-state index contributed by atoms with van der Waals surface area (Å²) in [6.07, 6.45) is 1.58. The molecular formula is C20H14Cl2N2O4S. The van der Waals surface area contributed by atoms with Crippen LogP contribution in [-0.4, -0.2) is 25.1 Å². The van der Waals surface area contributed by atoms with Crippen LogP contribution < -0.4 is 4.72 Å². The number of Topliss-reactive ketones (excluding diaryl/α,β-unsaturated/α-hetero) is 1. The van der Waals surface area contributed by atoms with Crippen LogP contribution >= 0.6 is 23.2 Å². The Bertz CT molecular complexity index is 1270. The van der Waals surface area contributed by atoms with Crippen LogP contribution in [-0.2, 0) is 10.0 Å². The molecule has 1 heterocycles. The SMILES string of the molecule is O=C(NS(=O)(=O)c1cc(C(=O)C2CC2)ccc1Cl)c1ccc2ccc(Cl)cc2n1. The number of amides is 1. The molecule has 0 aliphatic heterocycles. The summed E-state index contributed by atoms with van der Waals surface area (Å²) < 4.78 is 27.4. The number of benzene rings is 2. The summed E-state index contributed by atoms with van der Waals surface area (Å²) in [6.45, 7) is 0. The topological polar surface area (TPSA) is 93.2 Å². The van der Waals surface area contributed by atoms with Gasteiger partial charge in [-0.3, -0.25) is 9.59 Å². The van der Waals surface area contributed by atoms with Crippen molar-refractivity contribution in [2.24, 2.45) is 5.92 Å². The van der Waals surface area contributed by atoms with E-state index >= 15 is 0 Å². The van der Waals surface area contributed by atoms with Gasteiger partial charge in [-0.15, -0.1) is 0 Å².